The fourth-order valence-electron chi connectivity index (χ4n) is 4.83. The molecule has 5 nitrogen and oxygen atoms in total. The maximum absolute atomic E-state index is 13.1. The number of nitrogens with two attached hydrogens (primary N) is 1. The van der Waals surface area contributed by atoms with Crippen LogP contribution in [-0.4, -0.2) is 38.1 Å². The van der Waals surface area contributed by atoms with Crippen LogP contribution in [0.3, 0.4) is 0 Å². The molecule has 6 heteroatoms. The molecule has 27 heavy (non-hydrogen) atoms. The Labute approximate surface area is 169 Å². The molecule has 2 unspecified atom stereocenters. The molecule has 2 aliphatic carbocycles. The monoisotopic (exact) mass is 396 g/mol. The molecule has 2 N–H and O–H groups in total. The van der Waals surface area contributed by atoms with Gasteiger partial charge in [0.1, 0.15) is 0 Å². The van der Waals surface area contributed by atoms with Gasteiger partial charge in [0.05, 0.1) is 14.2 Å². The van der Waals surface area contributed by atoms with E-state index in [4.69, 9.17) is 15.2 Å². The minimum Gasteiger partial charge on any atom is -0.493 e. The van der Waals surface area contributed by atoms with Gasteiger partial charge in [-0.25, -0.2) is 0 Å². The third-order valence-electron chi connectivity index (χ3n) is 6.39. The molecule has 0 aromatic heterocycles. The van der Waals surface area contributed by atoms with E-state index in [1.54, 1.807) is 14.2 Å². The number of nitrogens with zero attached hydrogens (tertiary/aromatic N) is 1. The lowest BCUT2D eigenvalue weighted by Gasteiger charge is -2.44. The summed E-state index contributed by atoms with van der Waals surface area (Å²) in [6.45, 7) is 2.63. The van der Waals surface area contributed by atoms with Crippen molar-refractivity contribution in [2.45, 2.75) is 51.6 Å². The van der Waals surface area contributed by atoms with E-state index in [-0.39, 0.29) is 24.2 Å². The fourth-order valence-corrected chi connectivity index (χ4v) is 4.83. The van der Waals surface area contributed by atoms with Crippen molar-refractivity contribution in [2.75, 3.05) is 21.3 Å². The van der Waals surface area contributed by atoms with Crippen LogP contribution in [0.15, 0.2) is 12.1 Å². The second-order valence-corrected chi connectivity index (χ2v) is 8.02. The summed E-state index contributed by atoms with van der Waals surface area (Å²) in [6, 6.07) is 4.24. The standard InChI is InChI=1S/C21H32N2O3.ClH/c1-13-8-18(25-3)19(26-4)11-17(13)12-23(2)21(24)16-9-14-6-5-7-15(10-16)20(14)22;/h8,11,14-16,20H,5-7,9-10,12,22H2,1-4H3;1H. The Balaban J connectivity index is 0.00000261. The van der Waals surface area contributed by atoms with Gasteiger partial charge in [0.25, 0.3) is 0 Å². The third kappa shape index (κ3) is 4.52. The summed E-state index contributed by atoms with van der Waals surface area (Å²) in [7, 11) is 5.18. The highest BCUT2D eigenvalue weighted by molar-refractivity contribution is 5.85. The molecule has 1 amide bonds. The van der Waals surface area contributed by atoms with Gasteiger partial charge < -0.3 is 20.1 Å². The average molecular weight is 397 g/mol. The van der Waals surface area contributed by atoms with E-state index in [1.807, 2.05) is 31.0 Å². The third-order valence-corrected chi connectivity index (χ3v) is 6.39. The number of fused-ring (bicyclic) bond motifs is 2. The van der Waals surface area contributed by atoms with E-state index >= 15 is 0 Å². The molecule has 1 aromatic carbocycles. The zero-order chi connectivity index (χ0) is 18.8. The number of hydrogen-bond acceptors (Lipinski definition) is 4. The fraction of sp³-hybridized carbons (Fsp3) is 0.667. The molecule has 3 rings (SSSR count). The van der Waals surface area contributed by atoms with E-state index in [2.05, 4.69) is 0 Å². The molecular weight excluding hydrogens is 364 g/mol. The number of ether oxygens (including phenoxy) is 2. The summed E-state index contributed by atoms with van der Waals surface area (Å²) in [4.78, 5) is 14.9. The maximum Gasteiger partial charge on any atom is 0.225 e. The summed E-state index contributed by atoms with van der Waals surface area (Å²) in [5.74, 6) is 2.84. The van der Waals surface area contributed by atoms with E-state index < -0.39 is 0 Å². The number of hydrogen-bond donors (Lipinski definition) is 1. The lowest BCUT2D eigenvalue weighted by Crippen LogP contribution is -2.49. The number of amides is 1. The highest BCUT2D eigenvalue weighted by Crippen LogP contribution is 2.42. The highest BCUT2D eigenvalue weighted by atomic mass is 35.5. The Morgan fingerprint density at radius 1 is 1.15 bits per heavy atom. The summed E-state index contributed by atoms with van der Waals surface area (Å²) in [5, 5.41) is 0. The molecule has 2 bridgehead atoms. The van der Waals surface area contributed by atoms with Crippen molar-refractivity contribution < 1.29 is 14.3 Å². The van der Waals surface area contributed by atoms with Crippen molar-refractivity contribution in [1.82, 2.24) is 4.90 Å². The zero-order valence-electron chi connectivity index (χ0n) is 16.9. The zero-order valence-corrected chi connectivity index (χ0v) is 17.7. The van der Waals surface area contributed by atoms with Crippen LogP contribution < -0.4 is 15.2 Å². The van der Waals surface area contributed by atoms with Gasteiger partial charge in [-0.1, -0.05) is 6.42 Å². The first-order valence-electron chi connectivity index (χ1n) is 9.66. The summed E-state index contributed by atoms with van der Waals surface area (Å²) in [5.41, 5.74) is 8.57. The van der Waals surface area contributed by atoms with Gasteiger partial charge in [0.2, 0.25) is 5.91 Å². The smallest absolute Gasteiger partial charge is 0.225 e. The SMILES string of the molecule is COc1cc(C)c(CN(C)C(=O)C2CC3CCCC(C2)C3N)cc1OC.Cl. The van der Waals surface area contributed by atoms with Gasteiger partial charge in [0, 0.05) is 25.6 Å². The van der Waals surface area contributed by atoms with Crippen LogP contribution in [0.4, 0.5) is 0 Å². The van der Waals surface area contributed by atoms with Crippen LogP contribution >= 0.6 is 12.4 Å². The summed E-state index contributed by atoms with van der Waals surface area (Å²) in [6.07, 6.45) is 5.53. The average Bonchev–Trinajstić information content (AvgIpc) is 2.62. The number of carbonyl (C=O) groups excluding carboxylic acids is 1. The van der Waals surface area contributed by atoms with Crippen molar-refractivity contribution in [3.8, 4) is 11.5 Å². The van der Waals surface area contributed by atoms with Crippen molar-refractivity contribution in [3.05, 3.63) is 23.3 Å². The van der Waals surface area contributed by atoms with Crippen LogP contribution in [0.5, 0.6) is 11.5 Å². The lowest BCUT2D eigenvalue weighted by molar-refractivity contribution is -0.137. The molecule has 2 aliphatic rings. The maximum atomic E-state index is 13.1. The molecule has 152 valence electrons. The van der Waals surface area contributed by atoms with E-state index in [0.717, 1.165) is 29.7 Å². The topological polar surface area (TPSA) is 64.8 Å². The largest absolute Gasteiger partial charge is 0.493 e. The first-order chi connectivity index (χ1) is 12.4. The second kappa shape index (κ2) is 9.16. The van der Waals surface area contributed by atoms with Gasteiger partial charge in [-0.05, 0) is 67.7 Å². The van der Waals surface area contributed by atoms with Crippen LogP contribution in [0.1, 0.15) is 43.2 Å². The minimum absolute atomic E-state index is 0. The Morgan fingerprint density at radius 2 is 1.70 bits per heavy atom. The van der Waals surface area contributed by atoms with E-state index in [0.29, 0.717) is 30.2 Å². The molecular formula is C21H33ClN2O3. The number of benzene rings is 1. The van der Waals surface area contributed by atoms with Gasteiger partial charge >= 0.3 is 0 Å². The minimum atomic E-state index is 0. The van der Waals surface area contributed by atoms with Gasteiger partial charge in [0.15, 0.2) is 11.5 Å². The highest BCUT2D eigenvalue weighted by Gasteiger charge is 2.41. The van der Waals surface area contributed by atoms with Gasteiger partial charge in [-0.3, -0.25) is 4.79 Å². The molecule has 2 atom stereocenters. The summed E-state index contributed by atoms with van der Waals surface area (Å²) >= 11 is 0. The number of methoxy groups -OCH3 is 2. The van der Waals surface area contributed by atoms with Crippen LogP contribution in [0, 0.1) is 24.7 Å². The molecule has 2 fully saturated rings. The summed E-state index contributed by atoms with van der Waals surface area (Å²) < 4.78 is 10.8. The normalized spacial score (nSPS) is 26.7. The molecule has 2 saturated carbocycles. The molecule has 1 aromatic rings. The Kier molecular flexibility index (Phi) is 7.40. The van der Waals surface area contributed by atoms with Crippen LogP contribution in [0.25, 0.3) is 0 Å². The number of halogens is 1. The predicted molar refractivity (Wildman–Crippen MR) is 110 cm³/mol. The Hall–Kier alpha value is -1.46. The lowest BCUT2D eigenvalue weighted by atomic mass is 9.65. The quantitative estimate of drug-likeness (QED) is 0.826. The van der Waals surface area contributed by atoms with Crippen molar-refractivity contribution in [1.29, 1.82) is 0 Å². The Morgan fingerprint density at radius 3 is 2.26 bits per heavy atom. The van der Waals surface area contributed by atoms with Crippen LogP contribution in [0.2, 0.25) is 0 Å². The van der Waals surface area contributed by atoms with E-state index in [1.165, 1.54) is 19.3 Å². The molecule has 0 spiro atoms. The first kappa shape index (κ1) is 21.8. The molecule has 0 saturated heterocycles. The molecule has 0 heterocycles. The first-order valence-corrected chi connectivity index (χ1v) is 9.66. The predicted octanol–water partition coefficient (Wildman–Crippen LogP) is 3.55. The van der Waals surface area contributed by atoms with Crippen molar-refractivity contribution in [3.63, 3.8) is 0 Å². The second-order valence-electron chi connectivity index (χ2n) is 8.02. The van der Waals surface area contributed by atoms with Crippen molar-refractivity contribution >= 4 is 18.3 Å². The van der Waals surface area contributed by atoms with Gasteiger partial charge in [-0.15, -0.1) is 12.4 Å². The van der Waals surface area contributed by atoms with E-state index in [9.17, 15) is 4.79 Å². The van der Waals surface area contributed by atoms with Crippen molar-refractivity contribution in [2.24, 2.45) is 23.5 Å². The Bertz CT molecular complexity index is 653. The number of carbonyl (C=O) groups is 1. The van der Waals surface area contributed by atoms with Crippen LogP contribution in [-0.2, 0) is 11.3 Å². The number of rotatable bonds is 5. The number of aryl methyl sites for hydroxylation is 1. The van der Waals surface area contributed by atoms with Gasteiger partial charge in [-0.2, -0.15) is 0 Å². The molecule has 0 aliphatic heterocycles. The molecule has 0 radical (unpaired) electrons.